The zero-order valence-electron chi connectivity index (χ0n) is 39.8. The van der Waals surface area contributed by atoms with Crippen LogP contribution in [0.3, 0.4) is 0 Å². The molecular formula is C46H58F2N6O12S2Zn. The van der Waals surface area contributed by atoms with Gasteiger partial charge in [-0.3, -0.25) is 0 Å². The van der Waals surface area contributed by atoms with Crippen molar-refractivity contribution in [2.75, 3.05) is 35.2 Å². The molecule has 2 aromatic carbocycles. The van der Waals surface area contributed by atoms with E-state index in [1.807, 2.05) is 39.8 Å². The van der Waals surface area contributed by atoms with Gasteiger partial charge >= 0.3 is 19.5 Å². The van der Waals surface area contributed by atoms with E-state index in [0.717, 1.165) is 21.1 Å². The van der Waals surface area contributed by atoms with Crippen molar-refractivity contribution in [3.8, 4) is 22.5 Å². The number of carbonyl (C=O) groups excluding carboxylic acids is 2. The first-order chi connectivity index (χ1) is 31.5. The summed E-state index contributed by atoms with van der Waals surface area (Å²) in [5, 5.41) is 58.6. The third kappa shape index (κ3) is 17.6. The van der Waals surface area contributed by atoms with Gasteiger partial charge in [0.15, 0.2) is 0 Å². The second-order valence-electron chi connectivity index (χ2n) is 16.6. The molecule has 372 valence electrons. The number of hydrogen-bond acceptors (Lipinski definition) is 16. The van der Waals surface area contributed by atoms with Crippen molar-refractivity contribution < 1.29 is 85.3 Å². The fraction of sp³-hybridized carbons (Fsp3) is 0.435. The van der Waals surface area contributed by atoms with E-state index in [1.54, 1.807) is 36.4 Å². The Bertz CT molecular complexity index is 2490. The number of nitrogens with zero attached hydrogens (tertiary/aromatic N) is 6. The van der Waals surface area contributed by atoms with Gasteiger partial charge in [-0.25, -0.2) is 54.2 Å². The van der Waals surface area contributed by atoms with Crippen LogP contribution in [-0.2, 0) is 49.1 Å². The summed E-state index contributed by atoms with van der Waals surface area (Å²) in [4.78, 5) is 39.2. The average Bonchev–Trinajstić information content (AvgIpc) is 3.25. The fourth-order valence-electron chi connectivity index (χ4n) is 6.27. The van der Waals surface area contributed by atoms with Crippen LogP contribution in [0.4, 0.5) is 20.7 Å². The van der Waals surface area contributed by atoms with Crippen LogP contribution in [-0.4, -0.2) is 107 Å². The van der Waals surface area contributed by atoms with E-state index >= 15 is 0 Å². The van der Waals surface area contributed by atoms with Gasteiger partial charge in [0, 0.05) is 49.2 Å². The van der Waals surface area contributed by atoms with Crippen LogP contribution in [0.5, 0.6) is 0 Å². The predicted octanol–water partition coefficient (Wildman–Crippen LogP) is 3.61. The van der Waals surface area contributed by atoms with E-state index in [4.69, 9.17) is 0 Å². The zero-order valence-corrected chi connectivity index (χ0v) is 44.4. The van der Waals surface area contributed by atoms with Crippen molar-refractivity contribution >= 4 is 56.0 Å². The third-order valence-electron chi connectivity index (χ3n) is 10.3. The number of halogens is 2. The monoisotopic (exact) mass is 1050 g/mol. The number of aromatic nitrogens is 4. The molecule has 0 amide bonds. The molecule has 0 fully saturated rings. The van der Waals surface area contributed by atoms with E-state index in [-0.39, 0.29) is 68.9 Å². The van der Waals surface area contributed by atoms with E-state index in [9.17, 15) is 65.8 Å². The first kappa shape index (κ1) is 60.0. The van der Waals surface area contributed by atoms with Gasteiger partial charge in [0.25, 0.3) is 0 Å². The molecule has 0 aliphatic heterocycles. The van der Waals surface area contributed by atoms with Gasteiger partial charge in [-0.2, -0.15) is 0 Å². The second kappa shape index (κ2) is 25.6. The molecule has 18 nitrogen and oxygen atoms in total. The minimum Gasteiger partial charge on any atom is -0.544 e. The average molecular weight is 1050 g/mol. The quantitative estimate of drug-likeness (QED) is 0.0497. The van der Waals surface area contributed by atoms with Crippen molar-refractivity contribution in [2.24, 2.45) is 0 Å². The molecule has 2 heterocycles. The van der Waals surface area contributed by atoms with Crippen molar-refractivity contribution in [1.82, 2.24) is 19.9 Å². The van der Waals surface area contributed by atoms with E-state index in [2.05, 4.69) is 19.9 Å². The summed E-state index contributed by atoms with van der Waals surface area (Å²) >= 11 is 0. The van der Waals surface area contributed by atoms with Crippen molar-refractivity contribution in [2.45, 2.75) is 102 Å². The summed E-state index contributed by atoms with van der Waals surface area (Å²) in [6.07, 6.45) is 11.0. The van der Waals surface area contributed by atoms with Crippen LogP contribution in [0.1, 0.15) is 113 Å². The summed E-state index contributed by atoms with van der Waals surface area (Å²) < 4.78 is 77.3. The molecule has 0 saturated heterocycles. The van der Waals surface area contributed by atoms with Crippen molar-refractivity contribution in [3.05, 3.63) is 94.8 Å². The minimum absolute atomic E-state index is 0. The van der Waals surface area contributed by atoms with Crippen LogP contribution in [0.25, 0.3) is 34.7 Å². The molecule has 4 aromatic rings. The number of carboxylic acid groups (broad SMARTS) is 2. The number of sulfonamides is 2. The molecule has 0 bridgehead atoms. The number of benzene rings is 2. The number of unbranched alkanes of at least 4 members (excludes halogenated alkanes) is 4. The maximum Gasteiger partial charge on any atom is 2.00 e. The van der Waals surface area contributed by atoms with Gasteiger partial charge in [-0.05, 0) is 98.9 Å². The SMILES string of the molecule is CC(C)c1nc(N(C)S(C)(=O)=O)nc(-c2ccc(F)cc2)c1/C=C/CCCCC(O)(O)C(=O)[O-].CC(C)c1nc(N(C)S(C)(=O)=O)nc(-c2ccc(F)cc2)c1C=CCCCCC(O)(O)C(=O)[O-].[Zn+2]. The van der Waals surface area contributed by atoms with Gasteiger partial charge < -0.3 is 40.2 Å². The Morgan fingerprint density at radius 1 is 0.609 bits per heavy atom. The molecule has 0 saturated carbocycles. The molecule has 0 aliphatic rings. The summed E-state index contributed by atoms with van der Waals surface area (Å²) in [5.41, 5.74) is 4.49. The standard InChI is InChI=1S/2C23H30FN3O6S.Zn/c2*1-15(2)19-18(9-7-5-6-8-14-23(30,31)21(28)29)20(16-10-12-17(24)13-11-16)26-22(25-19)27(3)34(4,32)33;/h2*7,9-13,15,30-31H,5-6,8,14H2,1-4H3,(H,28,29);/q;;+2/p-2/b9-7+;;. The second-order valence-corrected chi connectivity index (χ2v) is 20.7. The van der Waals surface area contributed by atoms with Crippen LogP contribution >= 0.6 is 0 Å². The van der Waals surface area contributed by atoms with E-state index < -0.39 is 55.2 Å². The summed E-state index contributed by atoms with van der Waals surface area (Å²) in [7, 11) is -4.53. The maximum absolute atomic E-state index is 13.5. The van der Waals surface area contributed by atoms with Crippen LogP contribution in [0.2, 0.25) is 0 Å². The Morgan fingerprint density at radius 2 is 0.913 bits per heavy atom. The number of carbonyl (C=O) groups is 2. The Kier molecular flexibility index (Phi) is 22.3. The normalized spacial score (nSPS) is 12.3. The van der Waals surface area contributed by atoms with Crippen LogP contribution in [0, 0.1) is 11.6 Å². The topological polar surface area (TPSA) is 287 Å². The number of hydrogen-bond donors (Lipinski definition) is 4. The first-order valence-corrected chi connectivity index (χ1v) is 25.1. The number of carboxylic acids is 2. The van der Waals surface area contributed by atoms with Crippen LogP contribution < -0.4 is 18.8 Å². The molecule has 2 aromatic heterocycles. The molecule has 0 aliphatic carbocycles. The number of anilines is 2. The molecule has 0 spiro atoms. The third-order valence-corrected chi connectivity index (χ3v) is 12.6. The first-order valence-electron chi connectivity index (χ1n) is 21.4. The Labute approximate surface area is 414 Å². The molecule has 0 radical (unpaired) electrons. The minimum atomic E-state index is -3.62. The smallest absolute Gasteiger partial charge is 0.544 e. The van der Waals surface area contributed by atoms with Gasteiger partial charge in [0.1, 0.15) is 23.6 Å². The molecule has 4 rings (SSSR count). The molecule has 23 heteroatoms. The van der Waals surface area contributed by atoms with Gasteiger partial charge in [0.05, 0.1) is 35.3 Å². The molecule has 0 atom stereocenters. The van der Waals surface area contributed by atoms with E-state index in [1.165, 1.54) is 38.4 Å². The molecule has 4 N–H and O–H groups in total. The Hall–Kier alpha value is -5.16. The summed E-state index contributed by atoms with van der Waals surface area (Å²) in [6, 6.07) is 11.3. The number of aliphatic carboxylic acids is 2. The van der Waals surface area contributed by atoms with Crippen LogP contribution in [0.15, 0.2) is 60.7 Å². The maximum atomic E-state index is 13.5. The van der Waals surface area contributed by atoms with E-state index in [0.29, 0.717) is 70.7 Å². The Morgan fingerprint density at radius 3 is 1.17 bits per heavy atom. The molecule has 69 heavy (non-hydrogen) atoms. The predicted molar refractivity (Wildman–Crippen MR) is 249 cm³/mol. The zero-order chi connectivity index (χ0) is 51.4. The largest absolute Gasteiger partial charge is 2.00 e. The van der Waals surface area contributed by atoms with Crippen molar-refractivity contribution in [3.63, 3.8) is 0 Å². The van der Waals surface area contributed by atoms with Gasteiger partial charge in [-0.1, -0.05) is 52.0 Å². The number of allylic oxidation sites excluding steroid dienone is 2. The molecule has 0 unspecified atom stereocenters. The fourth-order valence-corrected chi connectivity index (χ4v) is 7.02. The number of aliphatic hydroxyl groups is 4. The van der Waals surface area contributed by atoms with Gasteiger partial charge in [0.2, 0.25) is 43.5 Å². The summed E-state index contributed by atoms with van der Waals surface area (Å²) in [6.45, 7) is 7.61. The van der Waals surface area contributed by atoms with Crippen molar-refractivity contribution in [1.29, 1.82) is 0 Å². The molecular weight excluding hydrogens is 996 g/mol. The number of rotatable bonds is 22. The summed E-state index contributed by atoms with van der Waals surface area (Å²) in [5.74, 6) is -10.7. The Balaban J connectivity index is 0.000000467. The van der Waals surface area contributed by atoms with Gasteiger partial charge in [-0.15, -0.1) is 0 Å².